The Bertz CT molecular complexity index is 1070. The fraction of sp³-hybridized carbons (Fsp3) is 0.148. The lowest BCUT2D eigenvalue weighted by Crippen LogP contribution is -3.00. The van der Waals surface area contributed by atoms with Crippen LogP contribution in [0.4, 0.5) is 0 Å². The van der Waals surface area contributed by atoms with Crippen LogP contribution in [0.15, 0.2) is 102 Å². The number of furan rings is 1. The normalized spacial score (nSPS) is 11.0. The van der Waals surface area contributed by atoms with Gasteiger partial charge in [0.25, 0.3) is 0 Å². The lowest BCUT2D eigenvalue weighted by Gasteiger charge is -2.27. The highest BCUT2D eigenvalue weighted by Crippen LogP contribution is 2.58. The molecule has 6 heteroatoms. The predicted molar refractivity (Wildman–Crippen MR) is 133 cm³/mol. The largest absolute Gasteiger partial charge is 1.00 e. The van der Waals surface area contributed by atoms with Crippen LogP contribution in [0, 0.1) is 0 Å². The smallest absolute Gasteiger partial charge is 0.342 e. The summed E-state index contributed by atoms with van der Waals surface area (Å²) in [4.78, 5) is 12.9. The van der Waals surface area contributed by atoms with E-state index in [0.717, 1.165) is 0 Å². The lowest BCUT2D eigenvalue weighted by molar-refractivity contribution is -0.0000255. The zero-order valence-corrected chi connectivity index (χ0v) is 20.7. The Hall–Kier alpha value is -2.58. The van der Waals surface area contributed by atoms with Crippen LogP contribution in [0.3, 0.4) is 0 Å². The van der Waals surface area contributed by atoms with Crippen molar-refractivity contribution in [3.05, 3.63) is 114 Å². The fourth-order valence-corrected chi connectivity index (χ4v) is 8.43. The number of hydrogen-bond acceptors (Lipinski definition) is 3. The van der Waals surface area contributed by atoms with Crippen molar-refractivity contribution >= 4 is 40.7 Å². The molecule has 0 atom stereocenters. The zero-order chi connectivity index (χ0) is 22.4. The SMILES string of the molecule is CCOC(=O)c1c(CCl)coc1C[P+](c1ccccc1)(c1ccccc1)c1ccccc1.[Cl-]. The summed E-state index contributed by atoms with van der Waals surface area (Å²) in [6, 6.07) is 31.5. The minimum absolute atomic E-state index is 0. The Morgan fingerprint density at radius 3 is 1.70 bits per heavy atom. The van der Waals surface area contributed by atoms with E-state index >= 15 is 0 Å². The summed E-state index contributed by atoms with van der Waals surface area (Å²) >= 11 is 6.15. The Morgan fingerprint density at radius 2 is 1.30 bits per heavy atom. The maximum Gasteiger partial charge on any atom is 0.342 e. The molecule has 4 rings (SSSR count). The molecule has 3 aromatic carbocycles. The minimum Gasteiger partial charge on any atom is -1.00 e. The molecule has 0 unspecified atom stereocenters. The monoisotopic (exact) mass is 498 g/mol. The van der Waals surface area contributed by atoms with Crippen molar-refractivity contribution in [2.45, 2.75) is 19.0 Å². The van der Waals surface area contributed by atoms with Crippen molar-refractivity contribution < 1.29 is 26.4 Å². The molecule has 1 aromatic heterocycles. The van der Waals surface area contributed by atoms with Gasteiger partial charge in [0.15, 0.2) is 5.76 Å². The summed E-state index contributed by atoms with van der Waals surface area (Å²) in [6.07, 6.45) is 2.14. The predicted octanol–water partition coefficient (Wildman–Crippen LogP) is 2.69. The topological polar surface area (TPSA) is 39.4 Å². The number of carbonyl (C=O) groups is 1. The first kappa shape index (κ1) is 25.1. The van der Waals surface area contributed by atoms with E-state index in [1.807, 2.05) is 18.2 Å². The molecule has 0 saturated heterocycles. The molecule has 3 nitrogen and oxygen atoms in total. The lowest BCUT2D eigenvalue weighted by atomic mass is 10.2. The molecule has 1 heterocycles. The van der Waals surface area contributed by atoms with E-state index in [0.29, 0.717) is 29.7 Å². The Labute approximate surface area is 206 Å². The van der Waals surface area contributed by atoms with Gasteiger partial charge >= 0.3 is 5.97 Å². The van der Waals surface area contributed by atoms with Gasteiger partial charge in [0.1, 0.15) is 34.9 Å². The van der Waals surface area contributed by atoms with E-state index < -0.39 is 7.26 Å². The van der Waals surface area contributed by atoms with Crippen LogP contribution in [0.2, 0.25) is 0 Å². The first-order chi connectivity index (χ1) is 15.7. The van der Waals surface area contributed by atoms with Crippen LogP contribution in [0.25, 0.3) is 0 Å². The Kier molecular flexibility index (Phi) is 8.74. The van der Waals surface area contributed by atoms with Gasteiger partial charge in [-0.25, -0.2) is 4.79 Å². The van der Waals surface area contributed by atoms with E-state index in [9.17, 15) is 4.79 Å². The van der Waals surface area contributed by atoms with Gasteiger partial charge in [-0.3, -0.25) is 0 Å². The van der Waals surface area contributed by atoms with Crippen LogP contribution in [-0.4, -0.2) is 12.6 Å². The van der Waals surface area contributed by atoms with Gasteiger partial charge in [0.05, 0.1) is 18.8 Å². The second-order valence-electron chi connectivity index (χ2n) is 7.39. The van der Waals surface area contributed by atoms with Crippen LogP contribution >= 0.6 is 18.9 Å². The third-order valence-corrected chi connectivity index (χ3v) is 10.1. The van der Waals surface area contributed by atoms with Gasteiger partial charge < -0.3 is 21.6 Å². The molecule has 33 heavy (non-hydrogen) atoms. The average molecular weight is 499 g/mol. The molecule has 170 valence electrons. The second-order valence-corrected chi connectivity index (χ2v) is 11.1. The van der Waals surface area contributed by atoms with Gasteiger partial charge in [0.2, 0.25) is 0 Å². The summed E-state index contributed by atoms with van der Waals surface area (Å²) in [5.74, 6) is 0.411. The van der Waals surface area contributed by atoms with Crippen LogP contribution in [0.5, 0.6) is 0 Å². The standard InChI is InChI=1S/C27H25ClO3P.ClH/c1-2-30-27(29)26-21(18-28)19-31-25(26)20-32(22-12-6-3-7-13-22,23-14-8-4-9-15-23)24-16-10-5-11-17-24;/h3-17,19H,2,18,20H2,1H3;1H/q+1;/p-1. The van der Waals surface area contributed by atoms with Crippen LogP contribution < -0.4 is 28.3 Å². The summed E-state index contributed by atoms with van der Waals surface area (Å²) in [7, 11) is -2.20. The number of benzene rings is 3. The van der Waals surface area contributed by atoms with E-state index in [-0.39, 0.29) is 24.3 Å². The number of alkyl halides is 1. The van der Waals surface area contributed by atoms with Crippen LogP contribution in [-0.2, 0) is 16.8 Å². The van der Waals surface area contributed by atoms with Gasteiger partial charge in [-0.1, -0.05) is 54.6 Å². The summed E-state index contributed by atoms with van der Waals surface area (Å²) < 4.78 is 11.4. The summed E-state index contributed by atoms with van der Waals surface area (Å²) in [5.41, 5.74) is 1.11. The van der Waals surface area contributed by atoms with E-state index in [4.69, 9.17) is 20.8 Å². The highest BCUT2D eigenvalue weighted by molar-refractivity contribution is 7.95. The molecule has 0 saturated carbocycles. The van der Waals surface area contributed by atoms with Crippen LogP contribution in [0.1, 0.15) is 28.6 Å². The molecule has 0 fully saturated rings. The quantitative estimate of drug-likeness (QED) is 0.213. The molecule has 0 radical (unpaired) electrons. The first-order valence-electron chi connectivity index (χ1n) is 10.6. The van der Waals surface area contributed by atoms with E-state index in [1.54, 1.807) is 13.2 Å². The molecule has 0 aliphatic heterocycles. The number of hydrogen-bond donors (Lipinski definition) is 0. The minimum atomic E-state index is -2.20. The van der Waals surface area contributed by atoms with Gasteiger partial charge in [-0.15, -0.1) is 11.6 Å². The molecule has 0 spiro atoms. The molecule has 0 bridgehead atoms. The van der Waals surface area contributed by atoms with Crippen molar-refractivity contribution in [3.63, 3.8) is 0 Å². The van der Waals surface area contributed by atoms with Crippen molar-refractivity contribution in [1.29, 1.82) is 0 Å². The molecule has 0 amide bonds. The van der Waals surface area contributed by atoms with Crippen molar-refractivity contribution in [2.24, 2.45) is 0 Å². The average Bonchev–Trinajstić information content (AvgIpc) is 3.27. The first-order valence-corrected chi connectivity index (χ1v) is 13.1. The Morgan fingerprint density at radius 1 is 0.848 bits per heavy atom. The highest BCUT2D eigenvalue weighted by Gasteiger charge is 2.47. The second kappa shape index (κ2) is 11.5. The highest BCUT2D eigenvalue weighted by atomic mass is 35.5. The van der Waals surface area contributed by atoms with E-state index in [2.05, 4.69) is 72.8 Å². The number of carbonyl (C=O) groups excluding carboxylic acids is 1. The number of halogens is 2. The number of esters is 1. The van der Waals surface area contributed by atoms with Gasteiger partial charge in [-0.2, -0.15) is 0 Å². The van der Waals surface area contributed by atoms with Crippen molar-refractivity contribution in [2.75, 3.05) is 6.61 Å². The van der Waals surface area contributed by atoms with Crippen molar-refractivity contribution in [3.8, 4) is 0 Å². The van der Waals surface area contributed by atoms with Crippen molar-refractivity contribution in [1.82, 2.24) is 0 Å². The zero-order valence-electron chi connectivity index (χ0n) is 18.3. The van der Waals surface area contributed by atoms with E-state index in [1.165, 1.54) is 15.9 Å². The maximum atomic E-state index is 12.9. The molecular formula is C27H25Cl2O3P. The summed E-state index contributed by atoms with van der Waals surface area (Å²) in [5, 5.41) is 3.66. The molecule has 0 aliphatic rings. The summed E-state index contributed by atoms with van der Waals surface area (Å²) in [6.45, 7) is 2.09. The number of rotatable bonds is 8. The molecule has 0 N–H and O–H groups in total. The maximum absolute atomic E-state index is 12.9. The third-order valence-electron chi connectivity index (χ3n) is 5.54. The molecule has 0 aliphatic carbocycles. The Balaban J connectivity index is 0.00000306. The molecular weight excluding hydrogens is 474 g/mol. The number of ether oxygens (including phenoxy) is 1. The third kappa shape index (κ3) is 5.01. The van der Waals surface area contributed by atoms with Gasteiger partial charge in [-0.05, 0) is 43.3 Å². The molecule has 4 aromatic rings. The van der Waals surface area contributed by atoms with Gasteiger partial charge in [0, 0.05) is 5.56 Å². The fourth-order valence-electron chi connectivity index (χ4n) is 4.09.